The van der Waals surface area contributed by atoms with Crippen LogP contribution in [0, 0.1) is 5.82 Å². The molecular weight excluding hydrogens is 221 g/mol. The minimum Gasteiger partial charge on any atom is -0.508 e. The molecule has 3 nitrogen and oxygen atoms in total. The molecule has 94 valence electrons. The highest BCUT2D eigenvalue weighted by molar-refractivity contribution is 5.32. The van der Waals surface area contributed by atoms with Gasteiger partial charge in [0.05, 0.1) is 6.10 Å². The van der Waals surface area contributed by atoms with Crippen LogP contribution in [0.5, 0.6) is 5.75 Å². The van der Waals surface area contributed by atoms with Crippen LogP contribution in [0.1, 0.15) is 18.4 Å². The summed E-state index contributed by atoms with van der Waals surface area (Å²) in [5, 5.41) is 9.66. The number of halogens is 1. The molecule has 1 saturated heterocycles. The molecule has 1 heterocycles. The van der Waals surface area contributed by atoms with E-state index in [1.54, 1.807) is 7.11 Å². The number of piperidine rings is 1. The van der Waals surface area contributed by atoms with E-state index < -0.39 is 0 Å². The first-order chi connectivity index (χ1) is 8.19. The molecule has 0 spiro atoms. The van der Waals surface area contributed by atoms with Crippen molar-refractivity contribution in [2.45, 2.75) is 25.5 Å². The molecule has 0 bridgehead atoms. The van der Waals surface area contributed by atoms with Gasteiger partial charge in [-0.15, -0.1) is 0 Å². The first-order valence-corrected chi connectivity index (χ1v) is 5.91. The van der Waals surface area contributed by atoms with Gasteiger partial charge < -0.3 is 9.84 Å². The van der Waals surface area contributed by atoms with Crippen molar-refractivity contribution in [1.29, 1.82) is 0 Å². The lowest BCUT2D eigenvalue weighted by atomic mass is 10.1. The molecule has 2 rings (SSSR count). The van der Waals surface area contributed by atoms with Gasteiger partial charge in [-0.3, -0.25) is 4.90 Å². The van der Waals surface area contributed by atoms with Gasteiger partial charge in [0, 0.05) is 25.8 Å². The molecule has 0 aromatic heterocycles. The van der Waals surface area contributed by atoms with Crippen LogP contribution in [0.3, 0.4) is 0 Å². The van der Waals surface area contributed by atoms with Gasteiger partial charge >= 0.3 is 0 Å². The number of methoxy groups -OCH3 is 1. The highest BCUT2D eigenvalue weighted by atomic mass is 19.1. The number of hydrogen-bond donors (Lipinski definition) is 1. The maximum atomic E-state index is 13.1. The van der Waals surface area contributed by atoms with Gasteiger partial charge in [0.2, 0.25) is 0 Å². The number of likely N-dealkylation sites (tertiary alicyclic amines) is 1. The lowest BCUT2D eigenvalue weighted by Gasteiger charge is -2.31. The molecule has 0 aliphatic carbocycles. The van der Waals surface area contributed by atoms with E-state index in [9.17, 15) is 9.50 Å². The van der Waals surface area contributed by atoms with Crippen LogP contribution in [0.4, 0.5) is 4.39 Å². The summed E-state index contributed by atoms with van der Waals surface area (Å²) in [5.74, 6) is -0.149. The average Bonchev–Trinajstić information content (AvgIpc) is 2.34. The Balaban J connectivity index is 2.02. The number of phenols is 1. The van der Waals surface area contributed by atoms with Gasteiger partial charge in [-0.2, -0.15) is 0 Å². The number of benzene rings is 1. The van der Waals surface area contributed by atoms with Crippen LogP contribution in [0.15, 0.2) is 18.2 Å². The molecule has 1 N–H and O–H groups in total. The van der Waals surface area contributed by atoms with E-state index in [-0.39, 0.29) is 17.7 Å². The standard InChI is InChI=1S/C13H18FNO2/c1-17-12-3-2-6-15(9-12)8-10-7-11(14)4-5-13(10)16/h4-5,7,12,16H,2-3,6,8-9H2,1H3. The summed E-state index contributed by atoms with van der Waals surface area (Å²) in [4.78, 5) is 2.19. The van der Waals surface area contributed by atoms with Crippen LogP contribution < -0.4 is 0 Å². The Morgan fingerprint density at radius 1 is 1.53 bits per heavy atom. The molecule has 1 atom stereocenters. The summed E-state index contributed by atoms with van der Waals surface area (Å²) in [5.41, 5.74) is 0.641. The molecule has 1 aliphatic rings. The summed E-state index contributed by atoms with van der Waals surface area (Å²) in [6.45, 7) is 2.38. The minimum absolute atomic E-state index is 0.158. The van der Waals surface area contributed by atoms with E-state index in [4.69, 9.17) is 4.74 Å². The van der Waals surface area contributed by atoms with Crippen molar-refractivity contribution in [3.8, 4) is 5.75 Å². The summed E-state index contributed by atoms with van der Waals surface area (Å²) in [6, 6.07) is 4.07. The van der Waals surface area contributed by atoms with Gasteiger partial charge in [0.15, 0.2) is 0 Å². The second-order valence-electron chi connectivity index (χ2n) is 4.51. The average molecular weight is 239 g/mol. The fourth-order valence-corrected chi connectivity index (χ4v) is 2.27. The third kappa shape index (κ3) is 3.17. The van der Waals surface area contributed by atoms with Crippen LogP contribution in [0.25, 0.3) is 0 Å². The second-order valence-corrected chi connectivity index (χ2v) is 4.51. The molecule has 0 amide bonds. The van der Waals surface area contributed by atoms with Crippen molar-refractivity contribution >= 4 is 0 Å². The smallest absolute Gasteiger partial charge is 0.123 e. The van der Waals surface area contributed by atoms with Gasteiger partial charge in [0.1, 0.15) is 11.6 Å². The maximum Gasteiger partial charge on any atom is 0.123 e. The minimum atomic E-state index is -0.307. The monoisotopic (exact) mass is 239 g/mol. The van der Waals surface area contributed by atoms with Gasteiger partial charge in [-0.05, 0) is 37.6 Å². The second kappa shape index (κ2) is 5.47. The van der Waals surface area contributed by atoms with Crippen LogP contribution in [-0.2, 0) is 11.3 Å². The molecule has 1 aromatic rings. The van der Waals surface area contributed by atoms with Gasteiger partial charge in [0.25, 0.3) is 0 Å². The van der Waals surface area contributed by atoms with Crippen molar-refractivity contribution in [3.63, 3.8) is 0 Å². The number of aromatic hydroxyl groups is 1. The van der Waals surface area contributed by atoms with E-state index in [0.29, 0.717) is 12.1 Å². The third-order valence-corrected chi connectivity index (χ3v) is 3.23. The zero-order valence-corrected chi connectivity index (χ0v) is 10.0. The molecule has 17 heavy (non-hydrogen) atoms. The van der Waals surface area contributed by atoms with Crippen molar-refractivity contribution < 1.29 is 14.2 Å². The molecular formula is C13H18FNO2. The number of ether oxygens (including phenoxy) is 1. The number of nitrogens with zero attached hydrogens (tertiary/aromatic N) is 1. The van der Waals surface area contributed by atoms with Crippen molar-refractivity contribution in [2.24, 2.45) is 0 Å². The predicted octanol–water partition coefficient (Wildman–Crippen LogP) is 2.14. The lowest BCUT2D eigenvalue weighted by Crippen LogP contribution is -2.38. The Hall–Kier alpha value is -1.13. The molecule has 1 unspecified atom stereocenters. The molecule has 0 saturated carbocycles. The van der Waals surface area contributed by atoms with Gasteiger partial charge in [-0.25, -0.2) is 4.39 Å². The molecule has 1 aromatic carbocycles. The predicted molar refractivity (Wildman–Crippen MR) is 63.4 cm³/mol. The highest BCUT2D eigenvalue weighted by Crippen LogP contribution is 2.22. The van der Waals surface area contributed by atoms with E-state index >= 15 is 0 Å². The van der Waals surface area contributed by atoms with Gasteiger partial charge in [-0.1, -0.05) is 0 Å². The summed E-state index contributed by atoms with van der Waals surface area (Å²) in [7, 11) is 1.72. The molecule has 0 radical (unpaired) electrons. The Kier molecular flexibility index (Phi) is 3.97. The third-order valence-electron chi connectivity index (χ3n) is 3.23. The van der Waals surface area contributed by atoms with Crippen LogP contribution in [0.2, 0.25) is 0 Å². The summed E-state index contributed by atoms with van der Waals surface area (Å²) < 4.78 is 18.4. The fraction of sp³-hybridized carbons (Fsp3) is 0.538. The Morgan fingerprint density at radius 3 is 3.12 bits per heavy atom. The van der Waals surface area contributed by atoms with E-state index in [0.717, 1.165) is 25.9 Å². The molecule has 1 aliphatic heterocycles. The van der Waals surface area contributed by atoms with Crippen LogP contribution in [-0.4, -0.2) is 36.3 Å². The normalized spacial score (nSPS) is 21.6. The topological polar surface area (TPSA) is 32.7 Å². The van der Waals surface area contributed by atoms with E-state index in [2.05, 4.69) is 4.90 Å². The lowest BCUT2D eigenvalue weighted by molar-refractivity contribution is 0.0283. The molecule has 4 heteroatoms. The SMILES string of the molecule is COC1CCCN(Cc2cc(F)ccc2O)C1. The van der Waals surface area contributed by atoms with E-state index in [1.807, 2.05) is 0 Å². The maximum absolute atomic E-state index is 13.1. The van der Waals surface area contributed by atoms with Crippen molar-refractivity contribution in [1.82, 2.24) is 4.90 Å². The Bertz CT molecular complexity index is 384. The Morgan fingerprint density at radius 2 is 2.35 bits per heavy atom. The van der Waals surface area contributed by atoms with Crippen molar-refractivity contribution in [2.75, 3.05) is 20.2 Å². The number of phenolic OH excluding ortho intramolecular Hbond substituents is 1. The largest absolute Gasteiger partial charge is 0.508 e. The summed E-state index contributed by atoms with van der Waals surface area (Å²) >= 11 is 0. The number of hydrogen-bond acceptors (Lipinski definition) is 3. The zero-order chi connectivity index (χ0) is 12.3. The zero-order valence-electron chi connectivity index (χ0n) is 10.0. The highest BCUT2D eigenvalue weighted by Gasteiger charge is 2.20. The summed E-state index contributed by atoms with van der Waals surface area (Å²) in [6.07, 6.45) is 2.40. The molecule has 1 fully saturated rings. The first kappa shape index (κ1) is 12.3. The van der Waals surface area contributed by atoms with E-state index in [1.165, 1.54) is 18.2 Å². The van der Waals surface area contributed by atoms with Crippen molar-refractivity contribution in [3.05, 3.63) is 29.6 Å². The number of rotatable bonds is 3. The Labute approximate surface area is 101 Å². The fourth-order valence-electron chi connectivity index (χ4n) is 2.27. The first-order valence-electron chi connectivity index (χ1n) is 5.91. The quantitative estimate of drug-likeness (QED) is 0.877. The van der Waals surface area contributed by atoms with Crippen LogP contribution >= 0.6 is 0 Å².